The first-order valence-electron chi connectivity index (χ1n) is 12.5. The number of fused-ring (bicyclic) bond motifs is 2. The van der Waals surface area contributed by atoms with Gasteiger partial charge < -0.3 is 10.2 Å². The minimum Gasteiger partial charge on any atom is -0.379 e. The van der Waals surface area contributed by atoms with Crippen molar-refractivity contribution >= 4 is 50.7 Å². The lowest BCUT2D eigenvalue weighted by Crippen LogP contribution is -2.40. The first kappa shape index (κ1) is 23.8. The SMILES string of the molecule is Cc1cc(Cl)nc(-c2ccnc3cc(CN4C(=O)C5C(C4=O)C5(C)C)sc23)c1NC1CCCN(C)C1. The number of amides is 2. The van der Waals surface area contributed by atoms with Crippen LogP contribution in [0.3, 0.4) is 0 Å². The number of carbonyl (C=O) groups excluding carboxylic acids is 2. The van der Waals surface area contributed by atoms with Crippen molar-refractivity contribution in [2.75, 3.05) is 25.5 Å². The number of thiophene rings is 1. The van der Waals surface area contributed by atoms with E-state index < -0.39 is 0 Å². The maximum absolute atomic E-state index is 12.9. The Hall–Kier alpha value is -2.55. The number of imide groups is 1. The number of pyridine rings is 2. The van der Waals surface area contributed by atoms with Crippen molar-refractivity contribution in [1.82, 2.24) is 19.8 Å². The Morgan fingerprint density at radius 1 is 1.22 bits per heavy atom. The van der Waals surface area contributed by atoms with Gasteiger partial charge in [-0.2, -0.15) is 0 Å². The lowest BCUT2D eigenvalue weighted by molar-refractivity contribution is -0.143. The number of hydrogen-bond donors (Lipinski definition) is 1. The second-order valence-corrected chi connectivity index (χ2v) is 12.6. The molecule has 6 rings (SSSR count). The zero-order valence-corrected chi connectivity index (χ0v) is 22.5. The molecule has 0 radical (unpaired) electrons. The largest absolute Gasteiger partial charge is 0.379 e. The summed E-state index contributed by atoms with van der Waals surface area (Å²) in [5.41, 5.74) is 4.44. The topological polar surface area (TPSA) is 78.4 Å². The number of nitrogens with zero attached hydrogens (tertiary/aromatic N) is 4. The lowest BCUT2D eigenvalue weighted by Gasteiger charge is -2.32. The minimum absolute atomic E-state index is 0.0447. The summed E-state index contributed by atoms with van der Waals surface area (Å²) in [6, 6.07) is 6.20. The zero-order valence-electron chi connectivity index (χ0n) is 21.0. The monoisotopic (exact) mass is 523 g/mol. The van der Waals surface area contributed by atoms with E-state index in [2.05, 4.69) is 29.2 Å². The Labute approximate surface area is 219 Å². The number of aromatic nitrogens is 2. The molecule has 1 N–H and O–H groups in total. The van der Waals surface area contributed by atoms with Crippen molar-refractivity contribution in [3.8, 4) is 11.3 Å². The van der Waals surface area contributed by atoms with E-state index in [9.17, 15) is 9.59 Å². The van der Waals surface area contributed by atoms with Crippen molar-refractivity contribution < 1.29 is 9.59 Å². The Kier molecular flexibility index (Phi) is 5.63. The van der Waals surface area contributed by atoms with Gasteiger partial charge in [-0.3, -0.25) is 19.5 Å². The molecule has 3 fully saturated rings. The van der Waals surface area contributed by atoms with Crippen LogP contribution < -0.4 is 5.32 Å². The van der Waals surface area contributed by atoms with E-state index in [1.807, 2.05) is 32.0 Å². The third kappa shape index (κ3) is 3.81. The van der Waals surface area contributed by atoms with Crippen molar-refractivity contribution in [2.45, 2.75) is 46.2 Å². The molecular weight excluding hydrogens is 494 g/mol. The molecule has 188 valence electrons. The summed E-state index contributed by atoms with van der Waals surface area (Å²) in [6.07, 6.45) is 4.05. The third-order valence-electron chi connectivity index (χ3n) is 8.08. The van der Waals surface area contributed by atoms with Crippen LogP contribution in [0, 0.1) is 24.2 Å². The van der Waals surface area contributed by atoms with Crippen LogP contribution in [-0.4, -0.2) is 57.8 Å². The highest BCUT2D eigenvalue weighted by atomic mass is 35.5. The fraction of sp³-hybridized carbons (Fsp3) is 0.481. The van der Waals surface area contributed by atoms with Crippen molar-refractivity contribution in [2.24, 2.45) is 17.3 Å². The standard InChI is InChI=1S/C27H30ClN5O2S/c1-14-10-19(28)31-23(22(14)30-15-6-5-9-32(4)12-15)17-7-8-29-18-11-16(36-24(17)18)13-33-25(34)20-21(26(33)35)27(20,2)3/h7-8,10-11,15,20-21,30H,5-6,9,12-13H2,1-4H3. The highest BCUT2D eigenvalue weighted by molar-refractivity contribution is 7.19. The van der Waals surface area contributed by atoms with E-state index in [0.717, 1.165) is 63.5 Å². The molecule has 0 spiro atoms. The van der Waals surface area contributed by atoms with Crippen LogP contribution in [0.5, 0.6) is 0 Å². The first-order valence-corrected chi connectivity index (χ1v) is 13.7. The maximum atomic E-state index is 12.9. The summed E-state index contributed by atoms with van der Waals surface area (Å²) < 4.78 is 0.982. The summed E-state index contributed by atoms with van der Waals surface area (Å²) >= 11 is 8.00. The summed E-state index contributed by atoms with van der Waals surface area (Å²) in [5.74, 6) is -0.424. The number of carbonyl (C=O) groups is 2. The second kappa shape index (κ2) is 8.50. The minimum atomic E-state index is -0.202. The number of likely N-dealkylation sites (tertiary alicyclic amines) is 2. The smallest absolute Gasteiger partial charge is 0.234 e. The average molecular weight is 524 g/mol. The average Bonchev–Trinajstić information content (AvgIpc) is 3.07. The Morgan fingerprint density at radius 2 is 1.97 bits per heavy atom. The van der Waals surface area contributed by atoms with Gasteiger partial charge in [0.1, 0.15) is 5.15 Å². The van der Waals surface area contributed by atoms with E-state index in [4.69, 9.17) is 16.6 Å². The molecule has 5 heterocycles. The van der Waals surface area contributed by atoms with Crippen LogP contribution in [0.1, 0.15) is 37.1 Å². The van der Waals surface area contributed by atoms with Crippen molar-refractivity contribution in [1.29, 1.82) is 0 Å². The van der Waals surface area contributed by atoms with Gasteiger partial charge >= 0.3 is 0 Å². The molecule has 2 saturated heterocycles. The molecule has 36 heavy (non-hydrogen) atoms. The van der Waals surface area contributed by atoms with Gasteiger partial charge in [-0.1, -0.05) is 25.4 Å². The highest BCUT2D eigenvalue weighted by Crippen LogP contribution is 2.63. The number of piperidine rings is 2. The van der Waals surface area contributed by atoms with Gasteiger partial charge in [-0.25, -0.2) is 4.98 Å². The number of halogens is 1. The summed E-state index contributed by atoms with van der Waals surface area (Å²) in [7, 11) is 2.15. The molecular formula is C27H30ClN5O2S. The van der Waals surface area contributed by atoms with Gasteiger partial charge in [0.15, 0.2) is 0 Å². The third-order valence-corrected chi connectivity index (χ3v) is 9.42. The fourth-order valence-electron chi connectivity index (χ4n) is 6.07. The van der Waals surface area contributed by atoms with Crippen LogP contribution >= 0.6 is 22.9 Å². The van der Waals surface area contributed by atoms with Crippen molar-refractivity contribution in [3.05, 3.63) is 40.0 Å². The van der Waals surface area contributed by atoms with Crippen LogP contribution in [0.4, 0.5) is 5.69 Å². The number of rotatable bonds is 5. The molecule has 0 bridgehead atoms. The zero-order chi connectivity index (χ0) is 25.4. The summed E-state index contributed by atoms with van der Waals surface area (Å²) in [4.78, 5) is 39.8. The van der Waals surface area contributed by atoms with Gasteiger partial charge in [-0.15, -0.1) is 11.3 Å². The molecule has 2 amide bonds. The second-order valence-electron chi connectivity index (χ2n) is 11.1. The Balaban J connectivity index is 1.35. The predicted octanol–water partition coefficient (Wildman–Crippen LogP) is 4.97. The normalized spacial score (nSPS) is 25.5. The number of nitrogens with one attached hydrogen (secondary N) is 1. The summed E-state index contributed by atoms with van der Waals surface area (Å²) in [6.45, 7) is 8.45. The quantitative estimate of drug-likeness (QED) is 0.376. The van der Waals surface area contributed by atoms with Gasteiger partial charge in [0.2, 0.25) is 11.8 Å². The van der Waals surface area contributed by atoms with E-state index in [1.54, 1.807) is 17.5 Å². The van der Waals surface area contributed by atoms with Gasteiger partial charge in [0.05, 0.1) is 40.0 Å². The Morgan fingerprint density at radius 3 is 2.69 bits per heavy atom. The van der Waals surface area contributed by atoms with Gasteiger partial charge in [-0.05, 0) is 62.5 Å². The van der Waals surface area contributed by atoms with Crippen molar-refractivity contribution in [3.63, 3.8) is 0 Å². The molecule has 9 heteroatoms. The molecule has 3 aromatic heterocycles. The van der Waals surface area contributed by atoms with E-state index in [0.29, 0.717) is 17.7 Å². The number of likely N-dealkylation sites (N-methyl/N-ethyl adjacent to an activating group) is 1. The number of aryl methyl sites for hydroxylation is 1. The molecule has 3 atom stereocenters. The molecule has 3 aliphatic rings. The molecule has 2 aliphatic heterocycles. The molecule has 1 aliphatic carbocycles. The van der Waals surface area contributed by atoms with Gasteiger partial charge in [0, 0.05) is 29.2 Å². The van der Waals surface area contributed by atoms with E-state index in [1.165, 1.54) is 4.90 Å². The number of anilines is 1. The lowest BCUT2D eigenvalue weighted by atomic mass is 10.0. The highest BCUT2D eigenvalue weighted by Gasteiger charge is 2.72. The fourth-order valence-corrected chi connectivity index (χ4v) is 7.43. The number of hydrogen-bond acceptors (Lipinski definition) is 7. The van der Waals surface area contributed by atoms with Crippen LogP contribution in [0.2, 0.25) is 5.15 Å². The molecule has 7 nitrogen and oxygen atoms in total. The Bertz CT molecular complexity index is 1380. The first-order chi connectivity index (χ1) is 17.1. The maximum Gasteiger partial charge on any atom is 0.234 e. The predicted molar refractivity (Wildman–Crippen MR) is 143 cm³/mol. The molecule has 1 saturated carbocycles. The van der Waals surface area contributed by atoms with E-state index >= 15 is 0 Å². The van der Waals surface area contributed by atoms with Crippen LogP contribution in [0.15, 0.2) is 24.4 Å². The molecule has 3 unspecified atom stereocenters. The molecule has 0 aromatic carbocycles. The molecule has 3 aromatic rings. The van der Waals surface area contributed by atoms with Crippen LogP contribution in [-0.2, 0) is 16.1 Å². The van der Waals surface area contributed by atoms with Gasteiger partial charge in [0.25, 0.3) is 0 Å². The van der Waals surface area contributed by atoms with Crippen LogP contribution in [0.25, 0.3) is 21.5 Å². The summed E-state index contributed by atoms with van der Waals surface area (Å²) in [5, 5.41) is 4.21. The van der Waals surface area contributed by atoms with E-state index in [-0.39, 0.29) is 29.1 Å².